The summed E-state index contributed by atoms with van der Waals surface area (Å²) in [5, 5.41) is 9.59. The summed E-state index contributed by atoms with van der Waals surface area (Å²) in [6, 6.07) is 11.5. The fourth-order valence-electron chi connectivity index (χ4n) is 5.53. The molecule has 3 heterocycles. The lowest BCUT2D eigenvalue weighted by Gasteiger charge is -2.50. The first-order valence-corrected chi connectivity index (χ1v) is 13.6. The molecule has 0 saturated carbocycles. The fourth-order valence-corrected chi connectivity index (χ4v) is 5.77. The Balaban J connectivity index is 1.24. The van der Waals surface area contributed by atoms with E-state index in [1.807, 2.05) is 6.07 Å². The molecule has 8 nitrogen and oxygen atoms in total. The molecule has 0 radical (unpaired) electrons. The summed E-state index contributed by atoms with van der Waals surface area (Å²) < 4.78 is 25.3. The lowest BCUT2D eigenvalue weighted by Crippen LogP contribution is -2.59. The highest BCUT2D eigenvalue weighted by Crippen LogP contribution is 2.35. The number of carboxylic acid groups (broad SMARTS) is 1. The van der Waals surface area contributed by atoms with Gasteiger partial charge in [0.2, 0.25) is 5.95 Å². The van der Waals surface area contributed by atoms with Gasteiger partial charge in [0.1, 0.15) is 11.6 Å². The molecular weight excluding hydrogens is 523 g/mol. The predicted molar refractivity (Wildman–Crippen MR) is 147 cm³/mol. The van der Waals surface area contributed by atoms with E-state index in [0.29, 0.717) is 42.1 Å². The van der Waals surface area contributed by atoms with Crippen molar-refractivity contribution in [2.24, 2.45) is 0 Å². The number of nitrogens with zero attached hydrogens (tertiary/aromatic N) is 4. The summed E-state index contributed by atoms with van der Waals surface area (Å²) in [5.41, 5.74) is 2.10. The number of morpholine rings is 1. The summed E-state index contributed by atoms with van der Waals surface area (Å²) in [6.07, 6.45) is 6.06. The Morgan fingerprint density at radius 2 is 1.79 bits per heavy atom. The molecule has 39 heavy (non-hydrogen) atoms. The van der Waals surface area contributed by atoms with Crippen LogP contribution in [0.25, 0.3) is 11.1 Å². The molecule has 2 aliphatic heterocycles. The third kappa shape index (κ3) is 6.84. The van der Waals surface area contributed by atoms with Gasteiger partial charge >= 0.3 is 5.97 Å². The Kier molecular flexibility index (Phi) is 8.60. The monoisotopic (exact) mass is 554 g/mol. The number of hydrogen-bond acceptors (Lipinski definition) is 7. The van der Waals surface area contributed by atoms with Crippen LogP contribution in [0.5, 0.6) is 5.75 Å². The quantitative estimate of drug-likeness (QED) is 0.407. The topological polar surface area (TPSA) is 88.0 Å². The molecule has 0 bridgehead atoms. The van der Waals surface area contributed by atoms with Gasteiger partial charge in [-0.2, -0.15) is 0 Å². The number of carbonyl (C=O) groups is 1. The van der Waals surface area contributed by atoms with E-state index in [1.165, 1.54) is 12.1 Å². The molecule has 2 fully saturated rings. The maximum absolute atomic E-state index is 13.6. The van der Waals surface area contributed by atoms with Crippen LogP contribution in [-0.2, 0) is 16.0 Å². The van der Waals surface area contributed by atoms with Gasteiger partial charge in [-0.15, -0.1) is 0 Å². The van der Waals surface area contributed by atoms with Crippen molar-refractivity contribution in [3.05, 3.63) is 71.3 Å². The van der Waals surface area contributed by atoms with Crippen molar-refractivity contribution in [3.63, 3.8) is 0 Å². The first kappa shape index (κ1) is 27.3. The molecule has 2 saturated heterocycles. The average Bonchev–Trinajstić information content (AvgIpc) is 2.93. The van der Waals surface area contributed by atoms with Crippen LogP contribution in [0.2, 0.25) is 5.02 Å². The minimum Gasteiger partial charge on any atom is -0.493 e. The van der Waals surface area contributed by atoms with Crippen molar-refractivity contribution < 1.29 is 23.8 Å². The van der Waals surface area contributed by atoms with E-state index in [2.05, 4.69) is 19.8 Å². The number of carboxylic acids is 1. The fraction of sp³-hybridized carbons (Fsp3) is 0.414. The molecule has 10 heteroatoms. The highest BCUT2D eigenvalue weighted by atomic mass is 35.5. The number of aromatic nitrogens is 2. The van der Waals surface area contributed by atoms with Crippen molar-refractivity contribution in [2.75, 3.05) is 50.9 Å². The summed E-state index contributed by atoms with van der Waals surface area (Å²) in [4.78, 5) is 25.0. The Morgan fingerprint density at radius 3 is 2.49 bits per heavy atom. The Morgan fingerprint density at radius 1 is 1.05 bits per heavy atom. The van der Waals surface area contributed by atoms with Crippen molar-refractivity contribution in [3.8, 4) is 16.9 Å². The van der Waals surface area contributed by atoms with Crippen molar-refractivity contribution in [1.29, 1.82) is 0 Å². The highest BCUT2D eigenvalue weighted by Gasteiger charge is 2.40. The van der Waals surface area contributed by atoms with E-state index >= 15 is 0 Å². The molecule has 0 aliphatic carbocycles. The Hall–Kier alpha value is -3.27. The van der Waals surface area contributed by atoms with E-state index in [-0.39, 0.29) is 17.8 Å². The molecule has 2 aromatic carbocycles. The minimum atomic E-state index is -0.908. The summed E-state index contributed by atoms with van der Waals surface area (Å²) >= 11 is 6.21. The number of anilines is 1. The molecular formula is C29H32ClFN4O4. The molecule has 0 atom stereocenters. The van der Waals surface area contributed by atoms with Crippen LogP contribution in [-0.4, -0.2) is 77.5 Å². The van der Waals surface area contributed by atoms with E-state index in [9.17, 15) is 9.18 Å². The molecule has 3 aromatic rings. The van der Waals surface area contributed by atoms with Crippen LogP contribution in [0, 0.1) is 5.82 Å². The smallest absolute Gasteiger partial charge is 0.307 e. The highest BCUT2D eigenvalue weighted by molar-refractivity contribution is 6.30. The second kappa shape index (κ2) is 12.3. The van der Waals surface area contributed by atoms with Crippen molar-refractivity contribution in [2.45, 2.75) is 31.2 Å². The van der Waals surface area contributed by atoms with Gasteiger partial charge < -0.3 is 19.5 Å². The first-order valence-electron chi connectivity index (χ1n) is 13.2. The summed E-state index contributed by atoms with van der Waals surface area (Å²) in [5.74, 6) is 0.0629. The van der Waals surface area contributed by atoms with Crippen molar-refractivity contribution in [1.82, 2.24) is 14.9 Å². The Labute approximate surface area is 232 Å². The van der Waals surface area contributed by atoms with Crippen LogP contribution >= 0.6 is 11.6 Å². The number of ether oxygens (including phenoxy) is 2. The van der Waals surface area contributed by atoms with Crippen LogP contribution in [0.15, 0.2) is 54.9 Å². The van der Waals surface area contributed by atoms with Gasteiger partial charge in [0, 0.05) is 54.7 Å². The van der Waals surface area contributed by atoms with E-state index in [4.69, 9.17) is 26.2 Å². The average molecular weight is 555 g/mol. The van der Waals surface area contributed by atoms with Gasteiger partial charge in [-0.25, -0.2) is 14.4 Å². The third-order valence-electron chi connectivity index (χ3n) is 7.58. The Bertz CT molecular complexity index is 1280. The number of aliphatic carboxylic acids is 1. The number of hydrogen-bond donors (Lipinski definition) is 1. The van der Waals surface area contributed by atoms with Crippen LogP contribution in [0.4, 0.5) is 10.3 Å². The predicted octanol–water partition coefficient (Wildman–Crippen LogP) is 4.70. The molecule has 1 N–H and O–H groups in total. The van der Waals surface area contributed by atoms with Gasteiger partial charge in [-0.3, -0.25) is 9.69 Å². The minimum absolute atomic E-state index is 0.0513. The molecule has 1 aromatic heterocycles. The second-order valence-corrected chi connectivity index (χ2v) is 10.5. The van der Waals surface area contributed by atoms with Crippen LogP contribution in [0.3, 0.4) is 0 Å². The molecule has 0 unspecified atom stereocenters. The van der Waals surface area contributed by atoms with Gasteiger partial charge in [0.25, 0.3) is 0 Å². The zero-order chi connectivity index (χ0) is 27.2. The van der Waals surface area contributed by atoms with Crippen LogP contribution < -0.4 is 9.64 Å². The first-order chi connectivity index (χ1) is 18.9. The maximum atomic E-state index is 13.6. The van der Waals surface area contributed by atoms with E-state index in [0.717, 1.165) is 56.6 Å². The number of rotatable bonds is 9. The van der Waals surface area contributed by atoms with E-state index in [1.54, 1.807) is 36.7 Å². The maximum Gasteiger partial charge on any atom is 0.307 e. The molecule has 0 spiro atoms. The largest absolute Gasteiger partial charge is 0.493 e. The molecule has 5 rings (SSSR count). The van der Waals surface area contributed by atoms with Gasteiger partial charge in [-0.1, -0.05) is 23.7 Å². The second-order valence-electron chi connectivity index (χ2n) is 10.1. The van der Waals surface area contributed by atoms with Gasteiger partial charge in [0.05, 0.1) is 26.2 Å². The SMILES string of the molecule is O=C(O)Cc1cc(Cl)cc(OCCC2(N3CCOCC3)CCN(c3ncc(-c4cccc(F)c4)cn3)CC2)c1. The molecule has 0 amide bonds. The van der Waals surface area contributed by atoms with E-state index < -0.39 is 5.97 Å². The van der Waals surface area contributed by atoms with Crippen molar-refractivity contribution >= 4 is 23.5 Å². The summed E-state index contributed by atoms with van der Waals surface area (Å²) in [6.45, 7) is 5.27. The standard InChI is InChI=1S/C29H32ClFN4O4/c30-24-14-21(16-27(36)37)15-26(18-24)39-11-6-29(35-9-12-38-13-10-35)4-7-34(8-5-29)28-32-19-23(20-33-28)22-2-1-3-25(31)17-22/h1-3,14-15,17-20H,4-13,16H2,(H,36,37). The van der Waals surface area contributed by atoms with Crippen LogP contribution in [0.1, 0.15) is 24.8 Å². The van der Waals surface area contributed by atoms with Gasteiger partial charge in [-0.05, 0) is 60.7 Å². The number of halogens is 2. The number of piperidine rings is 1. The lowest BCUT2D eigenvalue weighted by atomic mass is 9.82. The lowest BCUT2D eigenvalue weighted by molar-refractivity contribution is -0.136. The zero-order valence-corrected chi connectivity index (χ0v) is 22.4. The molecule has 206 valence electrons. The number of benzene rings is 2. The third-order valence-corrected chi connectivity index (χ3v) is 7.80. The van der Waals surface area contributed by atoms with Gasteiger partial charge in [0.15, 0.2) is 0 Å². The normalized spacial score (nSPS) is 17.6. The summed E-state index contributed by atoms with van der Waals surface area (Å²) in [7, 11) is 0. The zero-order valence-electron chi connectivity index (χ0n) is 21.7. The molecule has 2 aliphatic rings.